The highest BCUT2D eigenvalue weighted by Gasteiger charge is 2.40. The lowest BCUT2D eigenvalue weighted by Crippen LogP contribution is -2.21. The van der Waals surface area contributed by atoms with Crippen molar-refractivity contribution in [1.82, 2.24) is 9.97 Å². The predicted octanol–water partition coefficient (Wildman–Crippen LogP) is 5.15. The third-order valence-electron chi connectivity index (χ3n) is 4.82. The van der Waals surface area contributed by atoms with Crippen LogP contribution in [0.5, 0.6) is 0 Å². The molecule has 4 rings (SSSR count). The highest BCUT2D eigenvalue weighted by molar-refractivity contribution is 6.30. The number of nitrogens with one attached hydrogen (secondary N) is 2. The van der Waals surface area contributed by atoms with Crippen molar-refractivity contribution in [3.05, 3.63) is 82.1 Å². The quantitative estimate of drug-likeness (QED) is 0.545. The molecule has 2 aromatic heterocycles. The van der Waals surface area contributed by atoms with Gasteiger partial charge in [0.05, 0.1) is 5.92 Å². The maximum atomic E-state index is 13.7. The van der Waals surface area contributed by atoms with Crippen molar-refractivity contribution in [3.8, 4) is 0 Å². The van der Waals surface area contributed by atoms with Gasteiger partial charge in [-0.2, -0.15) is 13.2 Å². The van der Waals surface area contributed by atoms with Crippen LogP contribution in [0.2, 0.25) is 5.02 Å². The summed E-state index contributed by atoms with van der Waals surface area (Å²) in [6.07, 6.45) is -3.21. The maximum absolute atomic E-state index is 13.7. The first-order valence-corrected chi connectivity index (χ1v) is 9.50. The van der Waals surface area contributed by atoms with Gasteiger partial charge in [-0.15, -0.1) is 0 Å². The number of ketones is 1. The Morgan fingerprint density at radius 1 is 1.17 bits per heavy atom. The third-order valence-corrected chi connectivity index (χ3v) is 5.07. The Bertz CT molecular complexity index is 1090. The van der Waals surface area contributed by atoms with Crippen molar-refractivity contribution in [2.45, 2.75) is 18.6 Å². The number of hydrogen-bond acceptors (Lipinski definition) is 5. The summed E-state index contributed by atoms with van der Waals surface area (Å²) >= 11 is 5.83. The standard InChI is InChI=1S/C21H16ClF3N4O/c22-13-5-3-12(4-6-13)10-27-17-8-7-15(19(29-17)21(23,24)25)18(30)16-11-28-20-14(16)2-1-9-26-20/h1-9,16H,10-11H2,(H,26,28)(H,27,29). The van der Waals surface area contributed by atoms with Crippen LogP contribution in [-0.2, 0) is 12.7 Å². The normalized spacial score (nSPS) is 15.4. The van der Waals surface area contributed by atoms with E-state index >= 15 is 0 Å². The van der Waals surface area contributed by atoms with Crippen LogP contribution >= 0.6 is 11.6 Å². The van der Waals surface area contributed by atoms with Crippen LogP contribution in [0, 0.1) is 0 Å². The number of carbonyl (C=O) groups excluding carboxylic acids is 1. The molecule has 1 aromatic carbocycles. The van der Waals surface area contributed by atoms with Crippen LogP contribution in [-0.4, -0.2) is 22.3 Å². The zero-order chi connectivity index (χ0) is 21.3. The molecule has 30 heavy (non-hydrogen) atoms. The van der Waals surface area contributed by atoms with E-state index in [-0.39, 0.29) is 18.9 Å². The second-order valence-corrected chi connectivity index (χ2v) is 7.25. The van der Waals surface area contributed by atoms with Crippen LogP contribution in [0.25, 0.3) is 0 Å². The summed E-state index contributed by atoms with van der Waals surface area (Å²) in [7, 11) is 0. The van der Waals surface area contributed by atoms with Crippen molar-refractivity contribution in [2.24, 2.45) is 0 Å². The smallest absolute Gasteiger partial charge is 0.369 e. The van der Waals surface area contributed by atoms with E-state index in [1.54, 1.807) is 42.6 Å². The van der Waals surface area contributed by atoms with E-state index in [4.69, 9.17) is 11.6 Å². The van der Waals surface area contributed by atoms with Gasteiger partial charge in [-0.25, -0.2) is 9.97 Å². The Labute approximate surface area is 175 Å². The highest BCUT2D eigenvalue weighted by atomic mass is 35.5. The second kappa shape index (κ2) is 7.95. The summed E-state index contributed by atoms with van der Waals surface area (Å²) in [5, 5.41) is 6.38. The van der Waals surface area contributed by atoms with E-state index in [0.29, 0.717) is 16.4 Å². The first-order valence-electron chi connectivity index (χ1n) is 9.12. The highest BCUT2D eigenvalue weighted by Crippen LogP contribution is 2.37. The Morgan fingerprint density at radius 2 is 1.93 bits per heavy atom. The van der Waals surface area contributed by atoms with Crippen LogP contribution in [0.4, 0.5) is 24.8 Å². The Kier molecular flexibility index (Phi) is 5.34. The SMILES string of the molecule is O=C(c1ccc(NCc2ccc(Cl)cc2)nc1C(F)(F)F)C1CNc2ncccc21. The monoisotopic (exact) mass is 432 g/mol. The molecule has 5 nitrogen and oxygen atoms in total. The first kappa shape index (κ1) is 20.2. The zero-order valence-electron chi connectivity index (χ0n) is 15.5. The summed E-state index contributed by atoms with van der Waals surface area (Å²) in [4.78, 5) is 20.8. The molecule has 0 fully saturated rings. The fraction of sp³-hybridized carbons (Fsp3) is 0.190. The second-order valence-electron chi connectivity index (χ2n) is 6.81. The number of nitrogens with zero attached hydrogens (tertiary/aromatic N) is 2. The largest absolute Gasteiger partial charge is 0.434 e. The molecule has 9 heteroatoms. The predicted molar refractivity (Wildman–Crippen MR) is 108 cm³/mol. The average Bonchev–Trinajstić information content (AvgIpc) is 3.16. The molecule has 0 saturated heterocycles. The Hall–Kier alpha value is -3.13. The molecule has 3 heterocycles. The van der Waals surface area contributed by atoms with E-state index in [2.05, 4.69) is 20.6 Å². The van der Waals surface area contributed by atoms with Gasteiger partial charge in [0, 0.05) is 35.4 Å². The maximum Gasteiger partial charge on any atom is 0.434 e. The molecule has 1 unspecified atom stereocenters. The molecule has 1 aliphatic rings. The van der Waals surface area contributed by atoms with Gasteiger partial charge in [0.2, 0.25) is 0 Å². The number of pyridine rings is 2. The number of fused-ring (bicyclic) bond motifs is 1. The molecule has 0 aliphatic carbocycles. The number of anilines is 2. The van der Waals surface area contributed by atoms with Gasteiger partial charge < -0.3 is 10.6 Å². The van der Waals surface area contributed by atoms with Crippen molar-refractivity contribution >= 4 is 29.0 Å². The average molecular weight is 433 g/mol. The number of halogens is 4. The summed E-state index contributed by atoms with van der Waals surface area (Å²) < 4.78 is 41.1. The van der Waals surface area contributed by atoms with Crippen molar-refractivity contribution in [3.63, 3.8) is 0 Å². The molecule has 0 spiro atoms. The zero-order valence-corrected chi connectivity index (χ0v) is 16.3. The van der Waals surface area contributed by atoms with Crippen molar-refractivity contribution < 1.29 is 18.0 Å². The van der Waals surface area contributed by atoms with Crippen molar-refractivity contribution in [2.75, 3.05) is 17.2 Å². The van der Waals surface area contributed by atoms with Crippen molar-refractivity contribution in [1.29, 1.82) is 0 Å². The Morgan fingerprint density at radius 3 is 2.67 bits per heavy atom. The van der Waals surface area contributed by atoms with Gasteiger partial charge in [0.15, 0.2) is 11.5 Å². The number of aromatic nitrogens is 2. The molecule has 0 radical (unpaired) electrons. The molecule has 0 saturated carbocycles. The molecule has 0 amide bonds. The number of alkyl halides is 3. The minimum atomic E-state index is -4.77. The minimum absolute atomic E-state index is 0.0282. The number of hydrogen-bond donors (Lipinski definition) is 2. The number of Topliss-reactive ketones (excluding diaryl/α,β-unsaturated/α-hetero) is 1. The minimum Gasteiger partial charge on any atom is -0.369 e. The fourth-order valence-electron chi connectivity index (χ4n) is 3.34. The van der Waals surface area contributed by atoms with Crippen LogP contribution in [0.1, 0.15) is 33.1 Å². The first-order chi connectivity index (χ1) is 14.3. The number of rotatable bonds is 5. The molecule has 1 atom stereocenters. The van der Waals surface area contributed by atoms with Gasteiger partial charge in [0.25, 0.3) is 0 Å². The lowest BCUT2D eigenvalue weighted by molar-refractivity contribution is -0.141. The van der Waals surface area contributed by atoms with Crippen LogP contribution < -0.4 is 10.6 Å². The number of benzene rings is 1. The Balaban J connectivity index is 1.60. The van der Waals surface area contributed by atoms with Gasteiger partial charge in [-0.1, -0.05) is 29.8 Å². The summed E-state index contributed by atoms with van der Waals surface area (Å²) in [5.41, 5.74) is -0.245. The lowest BCUT2D eigenvalue weighted by Gasteiger charge is -2.16. The summed E-state index contributed by atoms with van der Waals surface area (Å²) in [6, 6.07) is 12.8. The van der Waals surface area contributed by atoms with E-state index in [1.807, 2.05) is 0 Å². The van der Waals surface area contributed by atoms with Crippen LogP contribution in [0.15, 0.2) is 54.7 Å². The van der Waals surface area contributed by atoms with Crippen LogP contribution in [0.3, 0.4) is 0 Å². The summed E-state index contributed by atoms with van der Waals surface area (Å²) in [6.45, 7) is 0.458. The molecule has 154 valence electrons. The molecule has 1 aliphatic heterocycles. The topological polar surface area (TPSA) is 66.9 Å². The third kappa shape index (κ3) is 4.09. The molecule has 0 bridgehead atoms. The van der Waals surface area contributed by atoms with E-state index in [1.165, 1.54) is 12.1 Å². The van der Waals surface area contributed by atoms with E-state index in [9.17, 15) is 18.0 Å². The van der Waals surface area contributed by atoms with E-state index < -0.39 is 29.1 Å². The molecule has 2 N–H and O–H groups in total. The molecular formula is C21H16ClF3N4O. The van der Waals surface area contributed by atoms with Gasteiger partial charge in [-0.3, -0.25) is 4.79 Å². The van der Waals surface area contributed by atoms with Gasteiger partial charge in [-0.05, 0) is 35.9 Å². The van der Waals surface area contributed by atoms with E-state index in [0.717, 1.165) is 5.56 Å². The number of carbonyl (C=O) groups is 1. The van der Waals surface area contributed by atoms with Gasteiger partial charge >= 0.3 is 6.18 Å². The molecular weight excluding hydrogens is 417 g/mol. The van der Waals surface area contributed by atoms with Gasteiger partial charge in [0.1, 0.15) is 11.6 Å². The fourth-order valence-corrected chi connectivity index (χ4v) is 3.47. The lowest BCUT2D eigenvalue weighted by atomic mass is 9.92. The summed E-state index contributed by atoms with van der Waals surface area (Å²) in [5.74, 6) is -0.845. The molecule has 3 aromatic rings.